The minimum Gasteiger partial charge on any atom is -0.464 e. The van der Waals surface area contributed by atoms with Gasteiger partial charge in [0.2, 0.25) is 0 Å². The van der Waals surface area contributed by atoms with E-state index in [0.717, 1.165) is 93.2 Å². The van der Waals surface area contributed by atoms with E-state index in [0.29, 0.717) is 12.3 Å². The summed E-state index contributed by atoms with van der Waals surface area (Å²) in [6.45, 7) is 10.1. The van der Waals surface area contributed by atoms with Crippen molar-refractivity contribution in [2.45, 2.75) is 32.7 Å². The smallest absolute Gasteiger partial charge is 0.358 e. The molecule has 2 fully saturated rings. The number of ether oxygens (including phenoxy) is 1. The number of fused-ring (bicyclic) bond motifs is 1. The fourth-order valence-electron chi connectivity index (χ4n) is 5.32. The molecule has 0 spiro atoms. The van der Waals surface area contributed by atoms with Crippen molar-refractivity contribution in [1.29, 1.82) is 0 Å². The number of hydrogen-bond acceptors (Lipinski definition) is 9. The van der Waals surface area contributed by atoms with Gasteiger partial charge in [0.1, 0.15) is 0 Å². The minimum absolute atomic E-state index is 0.0159. The first-order valence-electron chi connectivity index (χ1n) is 13.1. The first-order chi connectivity index (χ1) is 18.0. The Bertz CT molecular complexity index is 1280. The highest BCUT2D eigenvalue weighted by Gasteiger charge is 2.25. The van der Waals surface area contributed by atoms with Gasteiger partial charge in [-0.05, 0) is 55.0 Å². The number of piperidine rings is 1. The molecule has 0 amide bonds. The van der Waals surface area contributed by atoms with Gasteiger partial charge in [0.25, 0.3) is 5.56 Å². The molecule has 3 aromatic rings. The van der Waals surface area contributed by atoms with Crippen LogP contribution < -0.4 is 10.5 Å². The number of aromatic amines is 1. The van der Waals surface area contributed by atoms with Crippen LogP contribution >= 0.6 is 0 Å². The highest BCUT2D eigenvalue weighted by Crippen LogP contribution is 2.23. The maximum atomic E-state index is 12.2. The normalized spacial score (nSPS) is 17.8. The zero-order valence-electron chi connectivity index (χ0n) is 21.7. The molecular weight excluding hydrogens is 470 g/mol. The monoisotopic (exact) mass is 505 g/mol. The van der Waals surface area contributed by atoms with Gasteiger partial charge in [-0.1, -0.05) is 6.92 Å². The fraction of sp³-hybridized carbons (Fsp3) is 0.519. The number of aromatic nitrogens is 4. The van der Waals surface area contributed by atoms with Gasteiger partial charge in [0.05, 0.1) is 18.1 Å². The number of carbonyl (C=O) groups is 1. The number of hydrogen-bond donors (Lipinski definition) is 1. The van der Waals surface area contributed by atoms with Crippen LogP contribution in [0.25, 0.3) is 11.0 Å². The van der Waals surface area contributed by atoms with Crippen molar-refractivity contribution in [3.05, 3.63) is 57.6 Å². The number of methoxy groups -OCH3 is 1. The van der Waals surface area contributed by atoms with Gasteiger partial charge < -0.3 is 19.5 Å². The fourth-order valence-corrected chi connectivity index (χ4v) is 5.32. The van der Waals surface area contributed by atoms with E-state index in [2.05, 4.69) is 40.9 Å². The summed E-state index contributed by atoms with van der Waals surface area (Å²) >= 11 is 0. The number of H-pyrrole nitrogens is 1. The number of carbonyl (C=O) groups excluding carboxylic acids is 1. The Morgan fingerprint density at radius 2 is 1.81 bits per heavy atom. The summed E-state index contributed by atoms with van der Waals surface area (Å²) in [5.41, 5.74) is 3.79. The number of rotatable bonds is 7. The molecule has 0 saturated carbocycles. The number of anilines is 1. The Labute approximate surface area is 216 Å². The van der Waals surface area contributed by atoms with Crippen LogP contribution in [0.15, 0.2) is 35.3 Å². The molecular formula is C27H35N7O3. The Morgan fingerprint density at radius 1 is 1.05 bits per heavy atom. The van der Waals surface area contributed by atoms with Crippen LogP contribution in [0.1, 0.15) is 41.4 Å². The molecule has 2 aliphatic rings. The van der Waals surface area contributed by atoms with Crippen molar-refractivity contribution in [3.8, 4) is 0 Å². The number of pyridine rings is 2. The molecule has 3 aromatic heterocycles. The van der Waals surface area contributed by atoms with Gasteiger partial charge in [-0.15, -0.1) is 10.2 Å². The molecule has 0 aliphatic carbocycles. The van der Waals surface area contributed by atoms with E-state index in [4.69, 9.17) is 4.74 Å². The molecule has 10 nitrogen and oxygen atoms in total. The van der Waals surface area contributed by atoms with Crippen molar-refractivity contribution >= 4 is 22.8 Å². The molecule has 0 radical (unpaired) electrons. The summed E-state index contributed by atoms with van der Waals surface area (Å²) in [5.74, 6) is 1.03. The lowest BCUT2D eigenvalue weighted by Crippen LogP contribution is -2.48. The van der Waals surface area contributed by atoms with Crippen LogP contribution in [-0.4, -0.2) is 88.9 Å². The van der Waals surface area contributed by atoms with Gasteiger partial charge in [0, 0.05) is 64.1 Å². The molecule has 0 aromatic carbocycles. The predicted octanol–water partition coefficient (Wildman–Crippen LogP) is 2.10. The average Bonchev–Trinajstić information content (AvgIpc) is 2.94. The van der Waals surface area contributed by atoms with Gasteiger partial charge in [0.15, 0.2) is 11.5 Å². The number of esters is 1. The Morgan fingerprint density at radius 3 is 2.49 bits per heavy atom. The Hall–Kier alpha value is -3.37. The molecule has 0 unspecified atom stereocenters. The second-order valence-electron chi connectivity index (χ2n) is 10.0. The first-order valence-corrected chi connectivity index (χ1v) is 13.1. The van der Waals surface area contributed by atoms with Gasteiger partial charge in [-0.25, -0.2) is 4.79 Å². The van der Waals surface area contributed by atoms with Crippen LogP contribution in [0.4, 0.5) is 5.82 Å². The Kier molecular flexibility index (Phi) is 7.76. The minimum atomic E-state index is -0.464. The van der Waals surface area contributed by atoms with Crippen molar-refractivity contribution in [2.75, 3.05) is 57.8 Å². The summed E-state index contributed by atoms with van der Waals surface area (Å²) in [5, 5.41) is 8.22. The van der Waals surface area contributed by atoms with E-state index in [1.165, 1.54) is 7.11 Å². The van der Waals surface area contributed by atoms with Crippen LogP contribution in [0, 0.1) is 5.92 Å². The van der Waals surface area contributed by atoms with Gasteiger partial charge in [-0.2, -0.15) is 0 Å². The van der Waals surface area contributed by atoms with E-state index in [9.17, 15) is 9.59 Å². The SMILES string of the molecule is CCc1cc2ncc(CN3CCN(CC4CCN(c5ccc(C(=O)OC)nn5)CC4)CC3)cc2[nH]c1=O. The van der Waals surface area contributed by atoms with E-state index in [1.54, 1.807) is 6.07 Å². The van der Waals surface area contributed by atoms with E-state index in [-0.39, 0.29) is 11.3 Å². The highest BCUT2D eigenvalue weighted by molar-refractivity contribution is 5.87. The zero-order valence-corrected chi connectivity index (χ0v) is 21.7. The van der Waals surface area contributed by atoms with Crippen LogP contribution in [0.5, 0.6) is 0 Å². The molecule has 37 heavy (non-hydrogen) atoms. The number of nitrogens with zero attached hydrogens (tertiary/aromatic N) is 6. The number of aryl methyl sites for hydroxylation is 1. The second-order valence-corrected chi connectivity index (χ2v) is 10.0. The van der Waals surface area contributed by atoms with Crippen molar-refractivity contribution < 1.29 is 9.53 Å². The summed E-state index contributed by atoms with van der Waals surface area (Å²) in [6.07, 6.45) is 4.90. The van der Waals surface area contributed by atoms with Crippen LogP contribution in [-0.2, 0) is 17.7 Å². The molecule has 0 bridgehead atoms. The number of piperazine rings is 1. The van der Waals surface area contributed by atoms with E-state index < -0.39 is 5.97 Å². The topological polar surface area (TPSA) is 108 Å². The van der Waals surface area contributed by atoms with Crippen LogP contribution in [0.3, 0.4) is 0 Å². The molecule has 5 rings (SSSR count). The molecule has 2 saturated heterocycles. The molecule has 196 valence electrons. The summed E-state index contributed by atoms with van der Waals surface area (Å²) in [4.78, 5) is 38.6. The highest BCUT2D eigenvalue weighted by atomic mass is 16.5. The zero-order chi connectivity index (χ0) is 25.8. The third-order valence-electron chi connectivity index (χ3n) is 7.58. The molecule has 10 heteroatoms. The average molecular weight is 506 g/mol. The third kappa shape index (κ3) is 5.97. The van der Waals surface area contributed by atoms with Crippen molar-refractivity contribution in [2.24, 2.45) is 5.92 Å². The van der Waals surface area contributed by atoms with Gasteiger partial charge >= 0.3 is 5.97 Å². The summed E-state index contributed by atoms with van der Waals surface area (Å²) in [6, 6.07) is 7.49. The lowest BCUT2D eigenvalue weighted by atomic mass is 9.96. The maximum Gasteiger partial charge on any atom is 0.358 e. The lowest BCUT2D eigenvalue weighted by Gasteiger charge is -2.39. The standard InChI is InChI=1S/C27H35N7O3/c1-3-21-15-23-24(29-26(21)35)14-20(16-28-23)18-33-12-10-32(11-13-33)17-19-6-8-34(9-7-19)25-5-4-22(30-31-25)27(36)37-2/h4-5,14-16,19H,3,6-13,17-18H2,1-2H3,(H,29,35). The third-order valence-corrected chi connectivity index (χ3v) is 7.58. The van der Waals surface area contributed by atoms with Crippen molar-refractivity contribution in [1.82, 2.24) is 30.0 Å². The van der Waals surface area contributed by atoms with Crippen molar-refractivity contribution in [3.63, 3.8) is 0 Å². The molecule has 2 aliphatic heterocycles. The molecule has 0 atom stereocenters. The maximum absolute atomic E-state index is 12.2. The largest absolute Gasteiger partial charge is 0.464 e. The summed E-state index contributed by atoms with van der Waals surface area (Å²) < 4.78 is 4.69. The molecule has 1 N–H and O–H groups in total. The van der Waals surface area contributed by atoms with Gasteiger partial charge in [-0.3, -0.25) is 14.7 Å². The predicted molar refractivity (Wildman–Crippen MR) is 142 cm³/mol. The Balaban J connectivity index is 1.07. The van der Waals surface area contributed by atoms with E-state index in [1.807, 2.05) is 25.3 Å². The second kappa shape index (κ2) is 11.4. The van der Waals surface area contributed by atoms with Crippen LogP contribution in [0.2, 0.25) is 0 Å². The molecule has 5 heterocycles. The van der Waals surface area contributed by atoms with E-state index >= 15 is 0 Å². The number of nitrogens with one attached hydrogen (secondary N) is 1. The first kappa shape index (κ1) is 25.3. The quantitative estimate of drug-likeness (QED) is 0.483. The summed E-state index contributed by atoms with van der Waals surface area (Å²) in [7, 11) is 1.34. The lowest BCUT2D eigenvalue weighted by molar-refractivity contribution is 0.0592.